The van der Waals surface area contributed by atoms with Crippen LogP contribution in [0, 0.1) is 5.92 Å². The summed E-state index contributed by atoms with van der Waals surface area (Å²) < 4.78 is 3.92. The third-order valence-corrected chi connectivity index (χ3v) is 5.20. The minimum Gasteiger partial charge on any atom is -0.351 e. The van der Waals surface area contributed by atoms with Gasteiger partial charge in [0.25, 0.3) is 0 Å². The number of imidazole rings is 1. The molecule has 3 aromatic heterocycles. The highest BCUT2D eigenvalue weighted by molar-refractivity contribution is 5.77. The SMILES string of the molecule is Cn1c(-c2ncc3cnccn23)nnc1N1CC2CCC(=O)NC2C1. The summed E-state index contributed by atoms with van der Waals surface area (Å²) in [5, 5.41) is 11.9. The average molecular weight is 338 g/mol. The molecule has 2 aliphatic heterocycles. The lowest BCUT2D eigenvalue weighted by molar-refractivity contribution is -0.123. The summed E-state index contributed by atoms with van der Waals surface area (Å²) in [5.41, 5.74) is 0.914. The number of rotatable bonds is 2. The maximum Gasteiger partial charge on any atom is 0.227 e. The molecule has 3 aromatic rings. The highest BCUT2D eigenvalue weighted by atomic mass is 16.1. The minimum atomic E-state index is 0.152. The number of nitrogens with one attached hydrogen (secondary N) is 1. The van der Waals surface area contributed by atoms with E-state index in [-0.39, 0.29) is 11.9 Å². The van der Waals surface area contributed by atoms with Gasteiger partial charge in [0, 0.05) is 39.0 Å². The van der Waals surface area contributed by atoms with Crippen molar-refractivity contribution in [2.75, 3.05) is 18.0 Å². The standard InChI is InChI=1S/C16H18N8O/c1-22-15(14-18-7-11-6-17-4-5-24(11)14)20-21-16(22)23-8-10-2-3-13(25)19-12(10)9-23/h4-7,10,12H,2-3,8-9H2,1H3,(H,19,25). The van der Waals surface area contributed by atoms with Gasteiger partial charge in [0.05, 0.1) is 24.0 Å². The van der Waals surface area contributed by atoms with Crippen molar-refractivity contribution in [2.45, 2.75) is 18.9 Å². The Labute approximate surface area is 143 Å². The Morgan fingerprint density at radius 1 is 1.20 bits per heavy atom. The second-order valence-electron chi connectivity index (χ2n) is 6.71. The van der Waals surface area contributed by atoms with Crippen molar-refractivity contribution in [2.24, 2.45) is 13.0 Å². The van der Waals surface area contributed by atoms with Crippen molar-refractivity contribution in [1.29, 1.82) is 0 Å². The fourth-order valence-corrected chi connectivity index (χ4v) is 3.89. The summed E-state index contributed by atoms with van der Waals surface area (Å²) >= 11 is 0. The van der Waals surface area contributed by atoms with Crippen LogP contribution < -0.4 is 10.2 Å². The van der Waals surface area contributed by atoms with Gasteiger partial charge >= 0.3 is 0 Å². The van der Waals surface area contributed by atoms with Crippen LogP contribution in [-0.2, 0) is 11.8 Å². The van der Waals surface area contributed by atoms with E-state index in [1.54, 1.807) is 18.6 Å². The van der Waals surface area contributed by atoms with E-state index < -0.39 is 0 Å². The largest absolute Gasteiger partial charge is 0.351 e. The number of fused-ring (bicyclic) bond motifs is 2. The van der Waals surface area contributed by atoms with Gasteiger partial charge in [-0.3, -0.25) is 18.7 Å². The zero-order chi connectivity index (χ0) is 17.0. The number of aromatic nitrogens is 6. The van der Waals surface area contributed by atoms with E-state index >= 15 is 0 Å². The third-order valence-electron chi connectivity index (χ3n) is 5.20. The molecule has 128 valence electrons. The summed E-state index contributed by atoms with van der Waals surface area (Å²) in [7, 11) is 1.95. The van der Waals surface area contributed by atoms with Gasteiger partial charge < -0.3 is 10.2 Å². The van der Waals surface area contributed by atoms with Gasteiger partial charge in [0.1, 0.15) is 0 Å². The smallest absolute Gasteiger partial charge is 0.227 e. The van der Waals surface area contributed by atoms with Gasteiger partial charge in [-0.2, -0.15) is 0 Å². The molecule has 0 radical (unpaired) electrons. The van der Waals surface area contributed by atoms with Crippen molar-refractivity contribution < 1.29 is 4.79 Å². The fourth-order valence-electron chi connectivity index (χ4n) is 3.89. The molecule has 0 bridgehead atoms. The lowest BCUT2D eigenvalue weighted by Crippen LogP contribution is -2.44. The molecule has 2 atom stereocenters. The lowest BCUT2D eigenvalue weighted by atomic mass is 9.94. The van der Waals surface area contributed by atoms with E-state index in [1.165, 1.54) is 0 Å². The van der Waals surface area contributed by atoms with Crippen LogP contribution >= 0.6 is 0 Å². The number of carbonyl (C=O) groups is 1. The molecule has 0 aromatic carbocycles. The molecule has 2 aliphatic rings. The predicted octanol–water partition coefficient (Wildman–Crippen LogP) is 0.240. The van der Waals surface area contributed by atoms with Crippen LogP contribution in [0.15, 0.2) is 24.8 Å². The Morgan fingerprint density at radius 3 is 3.04 bits per heavy atom. The second-order valence-corrected chi connectivity index (χ2v) is 6.71. The molecule has 1 N–H and O–H groups in total. The van der Waals surface area contributed by atoms with E-state index in [1.807, 2.05) is 22.2 Å². The van der Waals surface area contributed by atoms with Crippen molar-refractivity contribution in [3.8, 4) is 11.6 Å². The molecule has 0 saturated carbocycles. The number of amides is 1. The zero-order valence-corrected chi connectivity index (χ0v) is 13.8. The van der Waals surface area contributed by atoms with E-state index in [0.29, 0.717) is 18.2 Å². The summed E-state index contributed by atoms with van der Waals surface area (Å²) in [6.07, 6.45) is 8.69. The molecule has 25 heavy (non-hydrogen) atoms. The Hall–Kier alpha value is -2.97. The Bertz CT molecular complexity index is 960. The second kappa shape index (κ2) is 5.27. The van der Waals surface area contributed by atoms with Gasteiger partial charge in [-0.25, -0.2) is 4.98 Å². The minimum absolute atomic E-state index is 0.152. The van der Waals surface area contributed by atoms with Crippen molar-refractivity contribution in [1.82, 2.24) is 34.4 Å². The van der Waals surface area contributed by atoms with E-state index in [4.69, 9.17) is 0 Å². The molecule has 0 aliphatic carbocycles. The first-order valence-electron chi connectivity index (χ1n) is 8.42. The average Bonchev–Trinajstić information content (AvgIpc) is 3.30. The molecule has 5 rings (SSSR count). The summed E-state index contributed by atoms with van der Waals surface area (Å²) in [6, 6.07) is 0.208. The van der Waals surface area contributed by atoms with Crippen molar-refractivity contribution >= 4 is 17.4 Å². The van der Waals surface area contributed by atoms with Crippen LogP contribution in [0.2, 0.25) is 0 Å². The topological polar surface area (TPSA) is 93.2 Å². The van der Waals surface area contributed by atoms with Gasteiger partial charge in [0.2, 0.25) is 17.7 Å². The number of hydrogen-bond acceptors (Lipinski definition) is 6. The number of piperidine rings is 1. The molecule has 9 nitrogen and oxygen atoms in total. The van der Waals surface area contributed by atoms with Crippen LogP contribution in [0.5, 0.6) is 0 Å². The van der Waals surface area contributed by atoms with Crippen molar-refractivity contribution in [3.05, 3.63) is 24.8 Å². The number of carbonyl (C=O) groups excluding carboxylic acids is 1. The zero-order valence-electron chi connectivity index (χ0n) is 13.8. The van der Waals surface area contributed by atoms with E-state index in [2.05, 4.69) is 30.4 Å². The number of anilines is 1. The molecule has 2 unspecified atom stereocenters. The highest BCUT2D eigenvalue weighted by Gasteiger charge is 2.38. The first-order chi connectivity index (χ1) is 12.2. The Morgan fingerprint density at radius 2 is 2.12 bits per heavy atom. The van der Waals surface area contributed by atoms with Crippen LogP contribution in [-0.4, -0.2) is 54.2 Å². The van der Waals surface area contributed by atoms with E-state index in [0.717, 1.165) is 36.8 Å². The van der Waals surface area contributed by atoms with E-state index in [9.17, 15) is 4.79 Å². The summed E-state index contributed by atoms with van der Waals surface area (Å²) in [4.78, 5) is 22.4. The highest BCUT2D eigenvalue weighted by Crippen LogP contribution is 2.29. The predicted molar refractivity (Wildman–Crippen MR) is 89.9 cm³/mol. The molecule has 9 heteroatoms. The summed E-state index contributed by atoms with van der Waals surface area (Å²) in [6.45, 7) is 1.66. The molecule has 1 amide bonds. The van der Waals surface area contributed by atoms with Gasteiger partial charge in [0.15, 0.2) is 5.82 Å². The van der Waals surface area contributed by atoms with Crippen LogP contribution in [0.1, 0.15) is 12.8 Å². The maximum atomic E-state index is 11.6. The molecular weight excluding hydrogens is 320 g/mol. The normalized spacial score (nSPS) is 23.1. The fraction of sp³-hybridized carbons (Fsp3) is 0.438. The first-order valence-corrected chi connectivity index (χ1v) is 8.42. The van der Waals surface area contributed by atoms with Gasteiger partial charge in [-0.1, -0.05) is 0 Å². The molecule has 2 saturated heterocycles. The quantitative estimate of drug-likeness (QED) is 0.719. The maximum absolute atomic E-state index is 11.6. The molecule has 2 fully saturated rings. The van der Waals surface area contributed by atoms with Crippen molar-refractivity contribution in [3.63, 3.8) is 0 Å². The third kappa shape index (κ3) is 2.19. The van der Waals surface area contributed by atoms with Crippen LogP contribution in [0.4, 0.5) is 5.95 Å². The Kier molecular flexibility index (Phi) is 3.03. The molecular formula is C16H18N8O. The molecule has 0 spiro atoms. The monoisotopic (exact) mass is 338 g/mol. The number of hydrogen-bond donors (Lipinski definition) is 1. The Balaban J connectivity index is 1.48. The lowest BCUT2D eigenvalue weighted by Gasteiger charge is -2.24. The van der Waals surface area contributed by atoms with Crippen LogP contribution in [0.3, 0.4) is 0 Å². The molecule has 5 heterocycles. The van der Waals surface area contributed by atoms with Crippen LogP contribution in [0.25, 0.3) is 17.2 Å². The summed E-state index contributed by atoms with van der Waals surface area (Å²) in [5.74, 6) is 2.89. The van der Waals surface area contributed by atoms with Gasteiger partial charge in [-0.05, 0) is 12.3 Å². The van der Waals surface area contributed by atoms with Gasteiger partial charge in [-0.15, -0.1) is 10.2 Å². The first kappa shape index (κ1) is 14.4. The number of nitrogens with zero attached hydrogens (tertiary/aromatic N) is 7.